The number of amides is 1. The average Bonchev–Trinajstić information content (AvgIpc) is 3.52. The van der Waals surface area contributed by atoms with E-state index in [1.165, 1.54) is 30.3 Å². The molecule has 2 heterocycles. The fourth-order valence-electron chi connectivity index (χ4n) is 6.85. The molecule has 0 bridgehead atoms. The number of carbonyl (C=O) groups is 3. The Kier molecular flexibility index (Phi) is 10.7. The molecule has 0 saturated heterocycles. The maximum absolute atomic E-state index is 15.2. The number of halogens is 10. The molecule has 1 amide bonds. The summed E-state index contributed by atoms with van der Waals surface area (Å²) < 4.78 is 146. The number of Topliss-reactive ketones (excluding diaryl/α,β-unsaturated/α-hetero) is 2. The quantitative estimate of drug-likeness (QED) is 0.100. The van der Waals surface area contributed by atoms with Gasteiger partial charge in [0.1, 0.15) is 41.2 Å². The van der Waals surface area contributed by atoms with Crippen LogP contribution in [0.3, 0.4) is 0 Å². The van der Waals surface area contributed by atoms with Crippen LogP contribution in [0.4, 0.5) is 43.9 Å². The van der Waals surface area contributed by atoms with Crippen molar-refractivity contribution in [1.29, 1.82) is 0 Å². The molecule has 0 fully saturated rings. The summed E-state index contributed by atoms with van der Waals surface area (Å²) in [6.07, 6.45) is -7.77. The summed E-state index contributed by atoms with van der Waals surface area (Å²) >= 11 is 0. The SMILES string of the molecule is CC(=O)c1cc(-c2ccc(-c3ccc(F)c(C(N)=O)c3)nc2[C@@H](CC(=O)Cn2nc(C(F)F)c3c2C(F)(F)CCC3(F)F)Cc2cc(F)cc(F)c2)ccc1F. The highest BCUT2D eigenvalue weighted by atomic mass is 19.3. The Hall–Kier alpha value is -5.87. The van der Waals surface area contributed by atoms with Crippen molar-refractivity contribution in [2.45, 2.75) is 63.3 Å². The molecular weight excluding hydrogens is 762 g/mol. The highest BCUT2D eigenvalue weighted by Crippen LogP contribution is 2.52. The number of carbonyl (C=O) groups excluding carboxylic acids is 3. The molecule has 1 aliphatic rings. The Labute approximate surface area is 311 Å². The molecule has 0 unspecified atom stereocenters. The van der Waals surface area contributed by atoms with Gasteiger partial charge in [0.2, 0.25) is 0 Å². The van der Waals surface area contributed by atoms with Crippen molar-refractivity contribution in [3.63, 3.8) is 0 Å². The molecule has 2 N–H and O–H groups in total. The van der Waals surface area contributed by atoms with Gasteiger partial charge >= 0.3 is 0 Å². The van der Waals surface area contributed by atoms with Gasteiger partial charge in [-0.2, -0.15) is 13.9 Å². The van der Waals surface area contributed by atoms with Crippen LogP contribution in [0.1, 0.15) is 87.5 Å². The van der Waals surface area contributed by atoms with E-state index in [0.29, 0.717) is 6.07 Å². The minimum atomic E-state index is -4.12. The van der Waals surface area contributed by atoms with E-state index in [1.807, 2.05) is 0 Å². The van der Waals surface area contributed by atoms with E-state index in [-0.39, 0.29) is 43.9 Å². The summed E-state index contributed by atoms with van der Waals surface area (Å²) in [6.45, 7) is -0.114. The molecule has 0 radical (unpaired) electrons. The number of nitrogens with two attached hydrogens (primary N) is 1. The van der Waals surface area contributed by atoms with Crippen molar-refractivity contribution < 1.29 is 58.3 Å². The summed E-state index contributed by atoms with van der Waals surface area (Å²) in [5, 5.41) is 3.33. The van der Waals surface area contributed by atoms with Crippen molar-refractivity contribution in [2.75, 3.05) is 0 Å². The summed E-state index contributed by atoms with van der Waals surface area (Å²) in [6, 6.07) is 11.9. The van der Waals surface area contributed by atoms with Crippen LogP contribution in [0.25, 0.3) is 22.4 Å². The Balaban J connectivity index is 1.52. The fourth-order valence-corrected chi connectivity index (χ4v) is 6.85. The van der Waals surface area contributed by atoms with Crippen LogP contribution in [0.15, 0.2) is 66.7 Å². The molecule has 56 heavy (non-hydrogen) atoms. The molecule has 1 aliphatic carbocycles. The molecule has 292 valence electrons. The molecule has 3 aromatic carbocycles. The molecule has 0 saturated carbocycles. The van der Waals surface area contributed by atoms with Crippen molar-refractivity contribution in [3.8, 4) is 22.4 Å². The van der Waals surface area contributed by atoms with Crippen LogP contribution in [0.5, 0.6) is 0 Å². The average molecular weight is 791 g/mol. The second kappa shape index (κ2) is 15.0. The van der Waals surface area contributed by atoms with E-state index in [9.17, 15) is 49.5 Å². The van der Waals surface area contributed by atoms with Gasteiger partial charge < -0.3 is 5.73 Å². The molecule has 5 aromatic rings. The zero-order chi connectivity index (χ0) is 40.9. The number of benzene rings is 3. The zero-order valence-corrected chi connectivity index (χ0v) is 29.0. The standard InChI is InChI=1S/C39H28F10N4O3/c1-18(54)27-14-20(2-5-29(27)42)26-4-7-31(21-3-6-30(43)28(15-21)37(50)56)51-33(26)22(10-19-11-23(40)16-24(41)12-19)13-25(55)17-53-35-32(34(52-53)36(44)45)38(46,47)8-9-39(35,48)49/h2-7,11-12,14-16,22,36H,8-10,13,17H2,1H3,(H2,50,56)/t22-/m1/s1. The maximum atomic E-state index is 15.2. The second-order valence-corrected chi connectivity index (χ2v) is 13.3. The highest BCUT2D eigenvalue weighted by molar-refractivity contribution is 5.96. The molecule has 0 spiro atoms. The molecule has 0 aliphatic heterocycles. The molecule has 1 atom stereocenters. The first-order valence-corrected chi connectivity index (χ1v) is 16.8. The van der Waals surface area contributed by atoms with Gasteiger partial charge in [-0.1, -0.05) is 12.1 Å². The van der Waals surface area contributed by atoms with Crippen LogP contribution in [0.2, 0.25) is 0 Å². The lowest BCUT2D eigenvalue weighted by molar-refractivity contribution is -0.121. The Morgan fingerprint density at radius 3 is 2.02 bits per heavy atom. The van der Waals surface area contributed by atoms with Crippen molar-refractivity contribution in [3.05, 3.63) is 129 Å². The normalized spacial score (nSPS) is 15.1. The summed E-state index contributed by atoms with van der Waals surface area (Å²) in [4.78, 5) is 42.7. The van der Waals surface area contributed by atoms with Gasteiger partial charge in [0, 0.05) is 42.4 Å². The minimum absolute atomic E-state index is 0.0209. The largest absolute Gasteiger partial charge is 0.366 e. The van der Waals surface area contributed by atoms with Gasteiger partial charge in [-0.3, -0.25) is 24.0 Å². The first-order chi connectivity index (χ1) is 26.2. The fraction of sp³-hybridized carbons (Fsp3) is 0.256. The maximum Gasteiger partial charge on any atom is 0.290 e. The number of alkyl halides is 6. The second-order valence-electron chi connectivity index (χ2n) is 13.3. The van der Waals surface area contributed by atoms with Gasteiger partial charge in [-0.05, 0) is 73.0 Å². The lowest BCUT2D eigenvalue weighted by atomic mass is 9.85. The Morgan fingerprint density at radius 2 is 1.39 bits per heavy atom. The van der Waals surface area contributed by atoms with Gasteiger partial charge in [-0.25, -0.2) is 35.1 Å². The van der Waals surface area contributed by atoms with Gasteiger partial charge in [-0.15, -0.1) is 0 Å². The van der Waals surface area contributed by atoms with Crippen LogP contribution in [-0.2, 0) is 29.6 Å². The van der Waals surface area contributed by atoms with Gasteiger partial charge in [0.25, 0.3) is 24.2 Å². The summed E-state index contributed by atoms with van der Waals surface area (Å²) in [5.74, 6) is -16.2. The summed E-state index contributed by atoms with van der Waals surface area (Å²) in [5.41, 5.74) is -0.128. The van der Waals surface area contributed by atoms with E-state index in [1.54, 1.807) is 0 Å². The van der Waals surface area contributed by atoms with Crippen LogP contribution in [-0.4, -0.2) is 32.2 Å². The Morgan fingerprint density at radius 1 is 0.786 bits per heavy atom. The van der Waals surface area contributed by atoms with Crippen LogP contribution in [0, 0.1) is 23.3 Å². The predicted molar refractivity (Wildman–Crippen MR) is 180 cm³/mol. The molecule has 7 nitrogen and oxygen atoms in total. The first-order valence-electron chi connectivity index (χ1n) is 16.8. The van der Waals surface area contributed by atoms with Gasteiger partial charge in [0.15, 0.2) is 11.6 Å². The molecule has 6 rings (SSSR count). The lowest BCUT2D eigenvalue weighted by Gasteiger charge is -2.29. The number of nitrogens with zero attached hydrogens (tertiary/aromatic N) is 3. The third-order valence-electron chi connectivity index (χ3n) is 9.35. The molecular formula is C39H28F10N4O3. The number of primary amides is 1. The van der Waals surface area contributed by atoms with Crippen LogP contribution >= 0.6 is 0 Å². The predicted octanol–water partition coefficient (Wildman–Crippen LogP) is 9.37. The monoisotopic (exact) mass is 790 g/mol. The number of pyridine rings is 1. The molecule has 2 aromatic heterocycles. The number of fused-ring (bicyclic) bond motifs is 1. The third-order valence-corrected chi connectivity index (χ3v) is 9.35. The lowest BCUT2D eigenvalue weighted by Crippen LogP contribution is -2.33. The number of hydrogen-bond acceptors (Lipinski definition) is 5. The number of rotatable bonds is 12. The molecule has 17 heteroatoms. The van der Waals surface area contributed by atoms with E-state index >= 15 is 8.78 Å². The Bertz CT molecular complexity index is 2370. The van der Waals surface area contributed by atoms with E-state index in [4.69, 9.17) is 5.73 Å². The third kappa shape index (κ3) is 7.93. The van der Waals surface area contributed by atoms with E-state index in [2.05, 4.69) is 10.1 Å². The van der Waals surface area contributed by atoms with Crippen molar-refractivity contribution >= 4 is 17.5 Å². The highest BCUT2D eigenvalue weighted by Gasteiger charge is 2.55. The smallest absolute Gasteiger partial charge is 0.290 e. The van der Waals surface area contributed by atoms with Crippen molar-refractivity contribution in [1.82, 2.24) is 14.8 Å². The number of ketones is 2. The minimum Gasteiger partial charge on any atom is -0.366 e. The first kappa shape index (κ1) is 39.8. The summed E-state index contributed by atoms with van der Waals surface area (Å²) in [7, 11) is 0. The zero-order valence-electron chi connectivity index (χ0n) is 29.0. The van der Waals surface area contributed by atoms with Crippen molar-refractivity contribution in [2.24, 2.45) is 5.73 Å². The van der Waals surface area contributed by atoms with Crippen LogP contribution < -0.4 is 5.73 Å². The van der Waals surface area contributed by atoms with E-state index < -0.39 is 120 Å². The van der Waals surface area contributed by atoms with E-state index in [0.717, 1.165) is 37.3 Å². The van der Waals surface area contributed by atoms with Gasteiger partial charge in [0.05, 0.1) is 28.1 Å². The number of aromatic nitrogens is 3. The number of hydrogen-bond donors (Lipinski definition) is 1. The topological polar surface area (TPSA) is 108 Å².